The summed E-state index contributed by atoms with van der Waals surface area (Å²) in [6.07, 6.45) is 0. The number of sulfonamides is 1. The first-order valence-corrected chi connectivity index (χ1v) is 7.36. The number of nitrogens with one attached hydrogen (secondary N) is 1. The van der Waals surface area contributed by atoms with Crippen LogP contribution in [0.2, 0.25) is 0 Å². The molecule has 0 amide bonds. The summed E-state index contributed by atoms with van der Waals surface area (Å²) in [6.45, 7) is 3.63. The molecule has 0 unspecified atom stereocenters. The summed E-state index contributed by atoms with van der Waals surface area (Å²) in [4.78, 5) is 0.238. The molecular weight excluding hydrogens is 252 g/mol. The van der Waals surface area contributed by atoms with E-state index in [0.717, 1.165) is 0 Å². The van der Waals surface area contributed by atoms with Crippen LogP contribution in [-0.2, 0) is 10.0 Å². The fraction of sp³-hybridized carbons (Fsp3) is 0.500. The largest absolute Gasteiger partial charge is 0.495 e. The first kappa shape index (κ1) is 13.3. The van der Waals surface area contributed by atoms with Crippen LogP contribution in [0.5, 0.6) is 5.75 Å². The standard InChI is InChI=1S/C12H18N2O3S/c1-10-9-14(8-7-13-10)18(15,16)12-6-4-3-5-11(12)17-2/h3-6,10,13H,7-9H2,1-2H3/t10-/m0/s1. The molecule has 1 heterocycles. The summed E-state index contributed by atoms with van der Waals surface area (Å²) < 4.78 is 31.7. The number of piperazine rings is 1. The van der Waals surface area contributed by atoms with Crippen LogP contribution in [0.4, 0.5) is 0 Å². The summed E-state index contributed by atoms with van der Waals surface area (Å²) >= 11 is 0. The van der Waals surface area contributed by atoms with Gasteiger partial charge in [0.15, 0.2) is 0 Å². The van der Waals surface area contributed by atoms with Gasteiger partial charge in [-0.15, -0.1) is 0 Å². The van der Waals surface area contributed by atoms with Crippen LogP contribution >= 0.6 is 0 Å². The minimum Gasteiger partial charge on any atom is -0.495 e. The van der Waals surface area contributed by atoms with Gasteiger partial charge in [-0.2, -0.15) is 4.31 Å². The average Bonchev–Trinajstić information content (AvgIpc) is 2.38. The van der Waals surface area contributed by atoms with Crippen molar-refractivity contribution in [2.45, 2.75) is 17.9 Å². The van der Waals surface area contributed by atoms with Crippen molar-refractivity contribution in [3.63, 3.8) is 0 Å². The van der Waals surface area contributed by atoms with E-state index in [-0.39, 0.29) is 10.9 Å². The van der Waals surface area contributed by atoms with Gasteiger partial charge in [0.1, 0.15) is 10.6 Å². The van der Waals surface area contributed by atoms with Crippen molar-refractivity contribution in [2.75, 3.05) is 26.7 Å². The highest BCUT2D eigenvalue weighted by atomic mass is 32.2. The number of ether oxygens (including phenoxy) is 1. The predicted octanol–water partition coefficient (Wildman–Crippen LogP) is 0.678. The third kappa shape index (κ3) is 2.50. The number of methoxy groups -OCH3 is 1. The van der Waals surface area contributed by atoms with Gasteiger partial charge in [-0.3, -0.25) is 0 Å². The molecular formula is C12H18N2O3S. The Bertz CT molecular complexity index is 516. The maximum absolute atomic E-state index is 12.5. The van der Waals surface area contributed by atoms with E-state index in [4.69, 9.17) is 4.74 Å². The molecule has 6 heteroatoms. The van der Waals surface area contributed by atoms with E-state index < -0.39 is 10.0 Å². The Morgan fingerprint density at radius 1 is 1.39 bits per heavy atom. The highest BCUT2D eigenvalue weighted by molar-refractivity contribution is 7.89. The second-order valence-corrected chi connectivity index (χ2v) is 6.28. The van der Waals surface area contributed by atoms with E-state index in [0.29, 0.717) is 25.4 Å². The number of rotatable bonds is 3. The van der Waals surface area contributed by atoms with Gasteiger partial charge in [0, 0.05) is 25.7 Å². The summed E-state index contributed by atoms with van der Waals surface area (Å²) in [5, 5.41) is 3.23. The monoisotopic (exact) mass is 270 g/mol. The third-order valence-corrected chi connectivity index (χ3v) is 4.92. The molecule has 1 aromatic carbocycles. The number of nitrogens with zero attached hydrogens (tertiary/aromatic N) is 1. The number of hydrogen-bond donors (Lipinski definition) is 1. The average molecular weight is 270 g/mol. The van der Waals surface area contributed by atoms with E-state index in [2.05, 4.69) is 5.32 Å². The van der Waals surface area contributed by atoms with Crippen LogP contribution in [0, 0.1) is 0 Å². The smallest absolute Gasteiger partial charge is 0.246 e. The zero-order valence-electron chi connectivity index (χ0n) is 10.6. The molecule has 1 N–H and O–H groups in total. The van der Waals surface area contributed by atoms with Crippen LogP contribution in [-0.4, -0.2) is 45.5 Å². The SMILES string of the molecule is COc1ccccc1S(=O)(=O)N1CCN[C@@H](C)C1. The molecule has 0 radical (unpaired) electrons. The van der Waals surface area contributed by atoms with Crippen molar-refractivity contribution in [1.29, 1.82) is 0 Å². The lowest BCUT2D eigenvalue weighted by Gasteiger charge is -2.31. The van der Waals surface area contributed by atoms with Crippen LogP contribution < -0.4 is 10.1 Å². The fourth-order valence-electron chi connectivity index (χ4n) is 2.09. The Morgan fingerprint density at radius 3 is 2.78 bits per heavy atom. The minimum absolute atomic E-state index is 0.170. The Kier molecular flexibility index (Phi) is 3.89. The van der Waals surface area contributed by atoms with E-state index in [1.165, 1.54) is 11.4 Å². The number of benzene rings is 1. The molecule has 0 bridgehead atoms. The molecule has 100 valence electrons. The maximum Gasteiger partial charge on any atom is 0.246 e. The molecule has 5 nitrogen and oxygen atoms in total. The summed E-state index contributed by atoms with van der Waals surface area (Å²) in [5.74, 6) is 0.392. The van der Waals surface area contributed by atoms with E-state index in [1.807, 2.05) is 6.92 Å². The number of hydrogen-bond acceptors (Lipinski definition) is 4. The highest BCUT2D eigenvalue weighted by Crippen LogP contribution is 2.26. The van der Waals surface area contributed by atoms with Gasteiger partial charge >= 0.3 is 0 Å². The minimum atomic E-state index is -3.47. The van der Waals surface area contributed by atoms with Crippen molar-refractivity contribution >= 4 is 10.0 Å². The quantitative estimate of drug-likeness (QED) is 0.877. The molecule has 0 spiro atoms. The van der Waals surface area contributed by atoms with Gasteiger partial charge in [0.2, 0.25) is 10.0 Å². The molecule has 1 aromatic rings. The van der Waals surface area contributed by atoms with Gasteiger partial charge in [-0.1, -0.05) is 12.1 Å². The van der Waals surface area contributed by atoms with Crippen molar-refractivity contribution in [1.82, 2.24) is 9.62 Å². The second-order valence-electron chi connectivity index (χ2n) is 4.37. The van der Waals surface area contributed by atoms with Crippen LogP contribution in [0.3, 0.4) is 0 Å². The van der Waals surface area contributed by atoms with Crippen LogP contribution in [0.15, 0.2) is 29.2 Å². The lowest BCUT2D eigenvalue weighted by Crippen LogP contribution is -2.51. The van der Waals surface area contributed by atoms with Gasteiger partial charge in [-0.05, 0) is 19.1 Å². The summed E-state index contributed by atoms with van der Waals surface area (Å²) in [5.41, 5.74) is 0. The van der Waals surface area contributed by atoms with E-state index in [9.17, 15) is 8.42 Å². The Labute approximate surface area is 108 Å². The molecule has 1 aliphatic rings. The molecule has 0 aromatic heterocycles. The van der Waals surface area contributed by atoms with Crippen molar-refractivity contribution in [3.05, 3.63) is 24.3 Å². The van der Waals surface area contributed by atoms with Gasteiger partial charge < -0.3 is 10.1 Å². The Hall–Kier alpha value is -1.11. The van der Waals surface area contributed by atoms with Crippen molar-refractivity contribution in [2.24, 2.45) is 0 Å². The molecule has 1 fully saturated rings. The van der Waals surface area contributed by atoms with Crippen molar-refractivity contribution in [3.8, 4) is 5.75 Å². The fourth-order valence-corrected chi connectivity index (χ4v) is 3.77. The second kappa shape index (κ2) is 5.26. The predicted molar refractivity (Wildman–Crippen MR) is 69.2 cm³/mol. The number of para-hydroxylation sites is 1. The van der Waals surface area contributed by atoms with Gasteiger partial charge in [0.05, 0.1) is 7.11 Å². The van der Waals surface area contributed by atoms with E-state index >= 15 is 0 Å². The Balaban J connectivity index is 2.35. The molecule has 2 rings (SSSR count). The lowest BCUT2D eigenvalue weighted by atomic mass is 10.3. The van der Waals surface area contributed by atoms with Gasteiger partial charge in [-0.25, -0.2) is 8.42 Å². The highest BCUT2D eigenvalue weighted by Gasteiger charge is 2.30. The molecule has 1 saturated heterocycles. The van der Waals surface area contributed by atoms with E-state index in [1.54, 1.807) is 24.3 Å². The zero-order chi connectivity index (χ0) is 13.2. The summed E-state index contributed by atoms with van der Waals surface area (Å²) in [7, 11) is -1.99. The lowest BCUT2D eigenvalue weighted by molar-refractivity contribution is 0.308. The Morgan fingerprint density at radius 2 is 2.11 bits per heavy atom. The maximum atomic E-state index is 12.5. The molecule has 1 atom stereocenters. The molecule has 1 aliphatic heterocycles. The topological polar surface area (TPSA) is 58.6 Å². The molecule has 0 aliphatic carbocycles. The first-order chi connectivity index (χ1) is 8.55. The van der Waals surface area contributed by atoms with Gasteiger partial charge in [0.25, 0.3) is 0 Å². The summed E-state index contributed by atoms with van der Waals surface area (Å²) in [6, 6.07) is 6.89. The van der Waals surface area contributed by atoms with Crippen molar-refractivity contribution < 1.29 is 13.2 Å². The van der Waals surface area contributed by atoms with Crippen LogP contribution in [0.1, 0.15) is 6.92 Å². The third-order valence-electron chi connectivity index (χ3n) is 3.02. The molecule has 0 saturated carbocycles. The normalized spacial score (nSPS) is 21.8. The zero-order valence-corrected chi connectivity index (χ0v) is 11.4. The molecule has 18 heavy (non-hydrogen) atoms. The first-order valence-electron chi connectivity index (χ1n) is 5.92. The van der Waals surface area contributed by atoms with Crippen LogP contribution in [0.25, 0.3) is 0 Å².